The van der Waals surface area contributed by atoms with Gasteiger partial charge in [-0.1, -0.05) is 0 Å². The van der Waals surface area contributed by atoms with Crippen LogP contribution in [-0.4, -0.2) is 51.4 Å². The van der Waals surface area contributed by atoms with E-state index in [1.54, 1.807) is 4.90 Å². The second-order valence-corrected chi connectivity index (χ2v) is 4.24. The van der Waals surface area contributed by atoms with Gasteiger partial charge < -0.3 is 10.1 Å². The number of nitro groups is 1. The number of aliphatic hydroxyl groups excluding tert-OH is 1. The van der Waals surface area contributed by atoms with E-state index in [0.29, 0.717) is 6.54 Å². The van der Waals surface area contributed by atoms with Gasteiger partial charge in [-0.15, -0.1) is 0 Å². The number of aliphatic hydroxyl groups is 1. The number of Topliss-reactive ketones (excluding diaryl/α,β-unsaturated/α-hetero) is 1. The highest BCUT2D eigenvalue weighted by Gasteiger charge is 2.18. The van der Waals surface area contributed by atoms with Gasteiger partial charge in [0.2, 0.25) is 0 Å². The van der Waals surface area contributed by atoms with Crippen molar-refractivity contribution in [3.05, 3.63) is 28.1 Å². The van der Waals surface area contributed by atoms with Gasteiger partial charge in [0.15, 0.2) is 5.78 Å². The van der Waals surface area contributed by atoms with Crippen molar-refractivity contribution in [1.29, 1.82) is 0 Å². The Morgan fingerprint density at radius 3 is 2.72 bits per heavy atom. The fraction of sp³-hybridized carbons (Fsp3) is 0.545. The van der Waals surface area contributed by atoms with E-state index in [9.17, 15) is 14.9 Å². The van der Waals surface area contributed by atoms with Gasteiger partial charge in [-0.05, 0) is 13.8 Å². The van der Waals surface area contributed by atoms with Crippen LogP contribution in [0.25, 0.3) is 0 Å². The summed E-state index contributed by atoms with van der Waals surface area (Å²) in [6.07, 6.45) is 1.19. The monoisotopic (exact) mass is 255 g/mol. The van der Waals surface area contributed by atoms with Crippen LogP contribution in [0.15, 0.2) is 12.3 Å². The predicted octanol–water partition coefficient (Wildman–Crippen LogP) is 0.808. The number of carbonyl (C=O) groups is 1. The zero-order valence-corrected chi connectivity index (χ0v) is 10.4. The lowest BCUT2D eigenvalue weighted by molar-refractivity contribution is -0.384. The van der Waals surface area contributed by atoms with Gasteiger partial charge in [0.05, 0.1) is 30.0 Å². The smallest absolute Gasteiger partial charge is 0.287 e. The number of aromatic nitrogens is 1. The van der Waals surface area contributed by atoms with Crippen molar-refractivity contribution in [3.63, 3.8) is 0 Å². The SMILES string of the molecule is CC(C)N(CCO)CC(=O)c1cc([N+](=O)[O-])c[nH]1. The van der Waals surface area contributed by atoms with Crippen molar-refractivity contribution in [3.8, 4) is 0 Å². The molecule has 0 spiro atoms. The number of rotatable bonds is 7. The molecule has 0 bridgehead atoms. The van der Waals surface area contributed by atoms with E-state index in [2.05, 4.69) is 4.98 Å². The number of aromatic amines is 1. The zero-order chi connectivity index (χ0) is 13.7. The second kappa shape index (κ2) is 6.27. The largest absolute Gasteiger partial charge is 0.395 e. The number of carbonyl (C=O) groups excluding carboxylic acids is 1. The Hall–Kier alpha value is -1.73. The van der Waals surface area contributed by atoms with Crippen LogP contribution < -0.4 is 0 Å². The number of H-pyrrole nitrogens is 1. The van der Waals surface area contributed by atoms with E-state index in [0.717, 1.165) is 0 Å². The predicted molar refractivity (Wildman–Crippen MR) is 65.6 cm³/mol. The summed E-state index contributed by atoms with van der Waals surface area (Å²) in [7, 11) is 0. The van der Waals surface area contributed by atoms with Gasteiger partial charge in [-0.3, -0.25) is 19.8 Å². The molecule has 0 saturated carbocycles. The van der Waals surface area contributed by atoms with Crippen LogP contribution in [0.2, 0.25) is 0 Å². The zero-order valence-electron chi connectivity index (χ0n) is 10.4. The Morgan fingerprint density at radius 1 is 1.61 bits per heavy atom. The molecule has 1 heterocycles. The van der Waals surface area contributed by atoms with E-state index in [1.165, 1.54) is 12.3 Å². The van der Waals surface area contributed by atoms with Crippen molar-refractivity contribution >= 4 is 11.5 Å². The molecule has 0 aliphatic heterocycles. The molecule has 0 radical (unpaired) electrons. The molecule has 100 valence electrons. The maximum absolute atomic E-state index is 11.9. The topological polar surface area (TPSA) is 99.5 Å². The fourth-order valence-electron chi connectivity index (χ4n) is 1.57. The minimum absolute atomic E-state index is 0.0314. The Kier molecular flexibility index (Phi) is 4.99. The third-order valence-corrected chi connectivity index (χ3v) is 2.64. The lowest BCUT2D eigenvalue weighted by Crippen LogP contribution is -2.37. The highest BCUT2D eigenvalue weighted by Crippen LogP contribution is 2.13. The molecule has 0 unspecified atom stereocenters. The summed E-state index contributed by atoms with van der Waals surface area (Å²) in [5.74, 6) is -0.231. The van der Waals surface area contributed by atoms with Crippen LogP contribution in [0.3, 0.4) is 0 Å². The quantitative estimate of drug-likeness (QED) is 0.426. The Labute approximate surface area is 105 Å². The van der Waals surface area contributed by atoms with E-state index in [-0.39, 0.29) is 36.4 Å². The number of nitrogens with one attached hydrogen (secondary N) is 1. The van der Waals surface area contributed by atoms with Crippen LogP contribution in [0.1, 0.15) is 24.3 Å². The highest BCUT2D eigenvalue weighted by atomic mass is 16.6. The molecule has 0 saturated heterocycles. The first kappa shape index (κ1) is 14.3. The third kappa shape index (κ3) is 3.64. The molecule has 1 rings (SSSR count). The summed E-state index contributed by atoms with van der Waals surface area (Å²) in [4.78, 5) is 26.2. The third-order valence-electron chi connectivity index (χ3n) is 2.64. The van der Waals surface area contributed by atoms with E-state index in [4.69, 9.17) is 5.11 Å². The number of hydrogen-bond donors (Lipinski definition) is 2. The summed E-state index contributed by atoms with van der Waals surface area (Å²) in [6.45, 7) is 4.32. The number of ketones is 1. The lowest BCUT2D eigenvalue weighted by Gasteiger charge is -2.24. The molecule has 1 aromatic heterocycles. The Bertz CT molecular complexity index is 428. The number of nitrogens with zero attached hydrogens (tertiary/aromatic N) is 2. The van der Waals surface area contributed by atoms with Crippen molar-refractivity contribution in [2.45, 2.75) is 19.9 Å². The molecule has 7 nitrogen and oxygen atoms in total. The molecule has 0 atom stereocenters. The van der Waals surface area contributed by atoms with Crippen molar-refractivity contribution in [2.75, 3.05) is 19.7 Å². The molecular formula is C11H17N3O4. The van der Waals surface area contributed by atoms with E-state index >= 15 is 0 Å². The van der Waals surface area contributed by atoms with Crippen LogP contribution in [0, 0.1) is 10.1 Å². The maximum Gasteiger partial charge on any atom is 0.287 e. The van der Waals surface area contributed by atoms with Gasteiger partial charge in [0.1, 0.15) is 0 Å². The first-order valence-corrected chi connectivity index (χ1v) is 5.66. The maximum atomic E-state index is 11.9. The van der Waals surface area contributed by atoms with Gasteiger partial charge in [-0.2, -0.15) is 0 Å². The van der Waals surface area contributed by atoms with Gasteiger partial charge >= 0.3 is 0 Å². The average Bonchev–Trinajstić information content (AvgIpc) is 2.77. The van der Waals surface area contributed by atoms with Gasteiger partial charge in [0, 0.05) is 18.7 Å². The second-order valence-electron chi connectivity index (χ2n) is 4.24. The van der Waals surface area contributed by atoms with Crippen LogP contribution in [0.4, 0.5) is 5.69 Å². The fourth-order valence-corrected chi connectivity index (χ4v) is 1.57. The first-order chi connectivity index (χ1) is 8.45. The molecule has 18 heavy (non-hydrogen) atoms. The summed E-state index contributed by atoms with van der Waals surface area (Å²) in [6, 6.07) is 1.34. The summed E-state index contributed by atoms with van der Waals surface area (Å²) < 4.78 is 0. The van der Waals surface area contributed by atoms with E-state index in [1.807, 2.05) is 13.8 Å². The van der Waals surface area contributed by atoms with Crippen LogP contribution >= 0.6 is 0 Å². The standard InChI is InChI=1S/C11H17N3O4/c1-8(2)13(3-4-15)7-11(16)10-5-9(6-12-10)14(17)18/h5-6,8,12,15H,3-4,7H2,1-2H3. The first-order valence-electron chi connectivity index (χ1n) is 5.66. The molecule has 2 N–H and O–H groups in total. The molecular weight excluding hydrogens is 238 g/mol. The highest BCUT2D eigenvalue weighted by molar-refractivity contribution is 5.96. The molecule has 0 aromatic carbocycles. The van der Waals surface area contributed by atoms with Crippen molar-refractivity contribution in [2.24, 2.45) is 0 Å². The minimum atomic E-state index is -0.554. The Morgan fingerprint density at radius 2 is 2.28 bits per heavy atom. The van der Waals surface area contributed by atoms with Crippen molar-refractivity contribution < 1.29 is 14.8 Å². The Balaban J connectivity index is 2.71. The summed E-state index contributed by atoms with van der Waals surface area (Å²) in [5, 5.41) is 19.4. The van der Waals surface area contributed by atoms with Crippen molar-refractivity contribution in [1.82, 2.24) is 9.88 Å². The van der Waals surface area contributed by atoms with Gasteiger partial charge in [-0.25, -0.2) is 0 Å². The summed E-state index contributed by atoms with van der Waals surface area (Å²) >= 11 is 0. The summed E-state index contributed by atoms with van der Waals surface area (Å²) in [5.41, 5.74) is 0.0851. The normalized spacial score (nSPS) is 11.2. The molecule has 0 amide bonds. The van der Waals surface area contributed by atoms with Crippen LogP contribution in [-0.2, 0) is 0 Å². The molecule has 1 aromatic rings. The number of hydrogen-bond acceptors (Lipinski definition) is 5. The molecule has 0 aliphatic rings. The van der Waals surface area contributed by atoms with Gasteiger partial charge in [0.25, 0.3) is 5.69 Å². The van der Waals surface area contributed by atoms with Crippen LogP contribution in [0.5, 0.6) is 0 Å². The average molecular weight is 255 g/mol. The lowest BCUT2D eigenvalue weighted by atomic mass is 10.2. The molecule has 0 fully saturated rings. The minimum Gasteiger partial charge on any atom is -0.395 e. The molecule has 0 aliphatic carbocycles. The van der Waals surface area contributed by atoms with E-state index < -0.39 is 4.92 Å². The molecule has 7 heteroatoms.